The molecule has 1 aliphatic heterocycles. The molecule has 0 aliphatic carbocycles. The third-order valence-corrected chi connectivity index (χ3v) is 5.27. The summed E-state index contributed by atoms with van der Waals surface area (Å²) in [6, 6.07) is 20.2. The number of benzene rings is 3. The predicted molar refractivity (Wildman–Crippen MR) is 122 cm³/mol. The third kappa shape index (κ3) is 4.06. The molecule has 1 aliphatic rings. The van der Waals surface area contributed by atoms with E-state index < -0.39 is 12.0 Å². The van der Waals surface area contributed by atoms with E-state index >= 15 is 0 Å². The summed E-state index contributed by atoms with van der Waals surface area (Å²) < 4.78 is 20.6. The lowest BCUT2D eigenvalue weighted by Gasteiger charge is -2.23. The summed E-state index contributed by atoms with van der Waals surface area (Å²) in [5.41, 5.74) is 3.08. The Kier molecular flexibility index (Phi) is 5.10. The number of fused-ring (bicyclic) bond motifs is 1. The third-order valence-electron chi connectivity index (χ3n) is 5.27. The minimum absolute atomic E-state index is 0.256. The predicted octanol–water partition coefficient (Wildman–Crippen LogP) is 4.65. The average Bonchev–Trinajstić information content (AvgIpc) is 3.27. The number of aromatic nitrogens is 2. The van der Waals surface area contributed by atoms with Gasteiger partial charge in [-0.2, -0.15) is 5.10 Å². The molecule has 0 unspecified atom stereocenters. The van der Waals surface area contributed by atoms with Crippen LogP contribution in [0.3, 0.4) is 0 Å². The summed E-state index contributed by atoms with van der Waals surface area (Å²) in [6.45, 7) is 1.66. The Morgan fingerprint density at radius 3 is 2.61 bits per heavy atom. The fraction of sp³-hybridized carbons (Fsp3) is 0.0800. The number of ether oxygens (including phenoxy) is 1. The smallest absolute Gasteiger partial charge is 0.265 e. The van der Waals surface area contributed by atoms with E-state index in [-0.39, 0.29) is 11.7 Å². The number of para-hydroxylation sites is 1. The lowest BCUT2D eigenvalue weighted by molar-refractivity contribution is -0.122. The Hall–Kier alpha value is -4.46. The monoisotopic (exact) mass is 442 g/mol. The standard InChI is InChI=1S/C25H19FN4O3/c1-15-24(31)28-21-13-18(11-12-22(21)33-15)27-25(32)20-14-30(19-5-3-2-4-6-19)29-23(20)16-7-9-17(26)10-8-16/h2-15H,1H3,(H,27,32)(H,28,31)/t15-/m1/s1. The van der Waals surface area contributed by atoms with Crippen LogP contribution in [0, 0.1) is 5.82 Å². The van der Waals surface area contributed by atoms with Gasteiger partial charge in [0.1, 0.15) is 17.3 Å². The normalized spacial score (nSPS) is 14.7. The van der Waals surface area contributed by atoms with Crippen molar-refractivity contribution in [1.82, 2.24) is 9.78 Å². The molecule has 3 aromatic carbocycles. The quantitative estimate of drug-likeness (QED) is 0.482. The van der Waals surface area contributed by atoms with Crippen molar-refractivity contribution in [1.29, 1.82) is 0 Å². The molecular formula is C25H19FN4O3. The van der Waals surface area contributed by atoms with Gasteiger partial charge in [0, 0.05) is 17.4 Å². The molecule has 0 bridgehead atoms. The van der Waals surface area contributed by atoms with Crippen molar-refractivity contribution in [2.45, 2.75) is 13.0 Å². The van der Waals surface area contributed by atoms with Crippen molar-refractivity contribution in [2.75, 3.05) is 10.6 Å². The van der Waals surface area contributed by atoms with E-state index in [1.54, 1.807) is 48.1 Å². The van der Waals surface area contributed by atoms with Crippen molar-refractivity contribution < 1.29 is 18.7 Å². The van der Waals surface area contributed by atoms with Crippen LogP contribution in [0.15, 0.2) is 79.0 Å². The van der Waals surface area contributed by atoms with Gasteiger partial charge in [0.15, 0.2) is 6.10 Å². The average molecular weight is 442 g/mol. The molecule has 0 radical (unpaired) electrons. The Labute approximate surface area is 188 Å². The molecule has 0 fully saturated rings. The van der Waals surface area contributed by atoms with Crippen LogP contribution in [-0.2, 0) is 4.79 Å². The minimum Gasteiger partial charge on any atom is -0.479 e. The number of carbonyl (C=O) groups is 2. The van der Waals surface area contributed by atoms with Gasteiger partial charge in [0.25, 0.3) is 11.8 Å². The Bertz CT molecular complexity index is 1350. The number of carbonyl (C=O) groups excluding carboxylic acids is 2. The first-order chi connectivity index (χ1) is 16.0. The molecule has 2 heterocycles. The maximum absolute atomic E-state index is 13.5. The highest BCUT2D eigenvalue weighted by atomic mass is 19.1. The molecule has 7 nitrogen and oxygen atoms in total. The van der Waals surface area contributed by atoms with Crippen molar-refractivity contribution >= 4 is 23.2 Å². The zero-order valence-corrected chi connectivity index (χ0v) is 17.6. The number of nitrogens with zero attached hydrogens (tertiary/aromatic N) is 2. The van der Waals surface area contributed by atoms with Crippen molar-refractivity contribution in [2.24, 2.45) is 0 Å². The number of anilines is 2. The first-order valence-electron chi connectivity index (χ1n) is 10.3. The van der Waals surface area contributed by atoms with Crippen LogP contribution >= 0.6 is 0 Å². The van der Waals surface area contributed by atoms with Gasteiger partial charge in [-0.05, 0) is 61.5 Å². The Balaban J connectivity index is 1.49. The molecular weight excluding hydrogens is 423 g/mol. The molecule has 1 atom stereocenters. The van der Waals surface area contributed by atoms with Crippen LogP contribution in [-0.4, -0.2) is 27.7 Å². The lowest BCUT2D eigenvalue weighted by Crippen LogP contribution is -2.34. The van der Waals surface area contributed by atoms with E-state index in [0.29, 0.717) is 33.9 Å². The van der Waals surface area contributed by atoms with Gasteiger partial charge in [-0.15, -0.1) is 0 Å². The number of amides is 2. The minimum atomic E-state index is -0.583. The van der Waals surface area contributed by atoms with Gasteiger partial charge in [0.2, 0.25) is 0 Å². The second kappa shape index (κ2) is 8.23. The molecule has 1 aromatic heterocycles. The second-order valence-electron chi connectivity index (χ2n) is 7.59. The first kappa shape index (κ1) is 20.4. The molecule has 4 aromatic rings. The second-order valence-corrected chi connectivity index (χ2v) is 7.59. The van der Waals surface area contributed by atoms with Crippen molar-refractivity contribution in [3.05, 3.63) is 90.4 Å². The number of hydrogen-bond donors (Lipinski definition) is 2. The maximum Gasteiger partial charge on any atom is 0.265 e. The van der Waals surface area contributed by atoms with Gasteiger partial charge in [-0.3, -0.25) is 9.59 Å². The first-order valence-corrected chi connectivity index (χ1v) is 10.3. The maximum atomic E-state index is 13.5. The molecule has 8 heteroatoms. The van der Waals surface area contributed by atoms with E-state index in [0.717, 1.165) is 5.69 Å². The summed E-state index contributed by atoms with van der Waals surface area (Å²) in [6.07, 6.45) is 1.05. The molecule has 2 amide bonds. The van der Waals surface area contributed by atoms with Crippen LogP contribution < -0.4 is 15.4 Å². The lowest BCUT2D eigenvalue weighted by atomic mass is 10.1. The van der Waals surface area contributed by atoms with Gasteiger partial charge in [-0.25, -0.2) is 9.07 Å². The van der Waals surface area contributed by atoms with Crippen LogP contribution in [0.4, 0.5) is 15.8 Å². The Morgan fingerprint density at radius 2 is 1.85 bits per heavy atom. The molecule has 0 saturated carbocycles. The highest BCUT2D eigenvalue weighted by Gasteiger charge is 2.24. The van der Waals surface area contributed by atoms with E-state index in [2.05, 4.69) is 15.7 Å². The highest BCUT2D eigenvalue weighted by molar-refractivity contribution is 6.08. The van der Waals surface area contributed by atoms with Crippen molar-refractivity contribution in [3.63, 3.8) is 0 Å². The van der Waals surface area contributed by atoms with Crippen LogP contribution in [0.2, 0.25) is 0 Å². The fourth-order valence-electron chi connectivity index (χ4n) is 3.56. The SMILES string of the molecule is C[C@H]1Oc2ccc(NC(=O)c3cn(-c4ccccc4)nc3-c3ccc(F)cc3)cc2NC1=O. The summed E-state index contributed by atoms with van der Waals surface area (Å²) in [4.78, 5) is 25.2. The molecule has 33 heavy (non-hydrogen) atoms. The van der Waals surface area contributed by atoms with Gasteiger partial charge < -0.3 is 15.4 Å². The summed E-state index contributed by atoms with van der Waals surface area (Å²) >= 11 is 0. The zero-order valence-electron chi connectivity index (χ0n) is 17.6. The zero-order chi connectivity index (χ0) is 22.9. The molecule has 0 spiro atoms. The number of halogens is 1. The number of hydrogen-bond acceptors (Lipinski definition) is 4. The van der Waals surface area contributed by atoms with Crippen LogP contribution in [0.1, 0.15) is 17.3 Å². The molecule has 2 N–H and O–H groups in total. The van der Waals surface area contributed by atoms with Gasteiger partial charge >= 0.3 is 0 Å². The molecule has 0 saturated heterocycles. The van der Waals surface area contributed by atoms with Gasteiger partial charge in [-0.1, -0.05) is 18.2 Å². The topological polar surface area (TPSA) is 85.2 Å². The molecule has 164 valence electrons. The Morgan fingerprint density at radius 1 is 1.09 bits per heavy atom. The number of nitrogens with one attached hydrogen (secondary N) is 2. The van der Waals surface area contributed by atoms with E-state index in [9.17, 15) is 14.0 Å². The van der Waals surface area contributed by atoms with Crippen LogP contribution in [0.25, 0.3) is 16.9 Å². The molecule has 5 rings (SSSR count). The summed E-state index contributed by atoms with van der Waals surface area (Å²) in [5, 5.41) is 10.2. The summed E-state index contributed by atoms with van der Waals surface area (Å²) in [5.74, 6) is -0.495. The van der Waals surface area contributed by atoms with E-state index in [1.165, 1.54) is 12.1 Å². The fourth-order valence-corrected chi connectivity index (χ4v) is 3.56. The van der Waals surface area contributed by atoms with Crippen molar-refractivity contribution in [3.8, 4) is 22.7 Å². The largest absolute Gasteiger partial charge is 0.479 e. The van der Waals surface area contributed by atoms with Crippen LogP contribution in [0.5, 0.6) is 5.75 Å². The van der Waals surface area contributed by atoms with Gasteiger partial charge in [0.05, 0.1) is 16.9 Å². The highest BCUT2D eigenvalue weighted by Crippen LogP contribution is 2.33. The van der Waals surface area contributed by atoms with E-state index in [1.807, 2.05) is 30.3 Å². The summed E-state index contributed by atoms with van der Waals surface area (Å²) in [7, 11) is 0. The van der Waals surface area contributed by atoms with E-state index in [4.69, 9.17) is 4.74 Å². The number of rotatable bonds is 4.